The Bertz CT molecular complexity index is 260. The van der Waals surface area contributed by atoms with Crippen molar-refractivity contribution in [1.82, 2.24) is 10.6 Å². The van der Waals surface area contributed by atoms with Crippen LogP contribution in [0.25, 0.3) is 0 Å². The van der Waals surface area contributed by atoms with Crippen LogP contribution >= 0.6 is 0 Å². The number of hydrogen-bond donors (Lipinski definition) is 3. The molecule has 5 nitrogen and oxygen atoms in total. The third-order valence-electron chi connectivity index (χ3n) is 2.95. The second-order valence-electron chi connectivity index (χ2n) is 4.72. The van der Waals surface area contributed by atoms with Gasteiger partial charge in [0.1, 0.15) is 6.04 Å². The van der Waals surface area contributed by atoms with E-state index in [0.717, 1.165) is 12.8 Å². The van der Waals surface area contributed by atoms with Crippen LogP contribution in [0.4, 0.5) is 4.79 Å². The highest BCUT2D eigenvalue weighted by Gasteiger charge is 2.26. The zero-order valence-corrected chi connectivity index (χ0v) is 9.95. The van der Waals surface area contributed by atoms with Gasteiger partial charge in [0.15, 0.2) is 0 Å². The van der Waals surface area contributed by atoms with Gasteiger partial charge in [0, 0.05) is 6.04 Å². The molecule has 1 unspecified atom stereocenters. The zero-order valence-electron chi connectivity index (χ0n) is 9.95. The molecule has 4 N–H and O–H groups in total. The molecule has 5 heteroatoms. The highest BCUT2D eigenvalue weighted by Crippen LogP contribution is 2.18. The van der Waals surface area contributed by atoms with Crippen LogP contribution in [-0.4, -0.2) is 24.0 Å². The van der Waals surface area contributed by atoms with Crippen molar-refractivity contribution in [3.8, 4) is 0 Å². The maximum Gasteiger partial charge on any atom is 0.312 e. The van der Waals surface area contributed by atoms with Crippen LogP contribution in [0.15, 0.2) is 0 Å². The molecule has 3 amide bonds. The van der Waals surface area contributed by atoms with E-state index in [1.807, 2.05) is 13.8 Å². The van der Waals surface area contributed by atoms with Gasteiger partial charge in [-0.3, -0.25) is 4.79 Å². The van der Waals surface area contributed by atoms with E-state index in [9.17, 15) is 9.59 Å². The first-order valence-corrected chi connectivity index (χ1v) is 5.87. The van der Waals surface area contributed by atoms with Crippen LogP contribution in [0, 0.1) is 5.92 Å². The molecule has 92 valence electrons. The summed E-state index contributed by atoms with van der Waals surface area (Å²) < 4.78 is 0. The molecule has 1 aliphatic rings. The Morgan fingerprint density at radius 1 is 1.25 bits per heavy atom. The summed E-state index contributed by atoms with van der Waals surface area (Å²) in [6.07, 6.45) is 4.40. The van der Waals surface area contributed by atoms with Gasteiger partial charge in [-0.15, -0.1) is 0 Å². The van der Waals surface area contributed by atoms with Crippen LogP contribution in [-0.2, 0) is 4.79 Å². The predicted octanol–water partition coefficient (Wildman–Crippen LogP) is 0.738. The smallest absolute Gasteiger partial charge is 0.312 e. The van der Waals surface area contributed by atoms with Gasteiger partial charge in [-0.05, 0) is 18.8 Å². The fourth-order valence-electron chi connectivity index (χ4n) is 2.05. The number of amides is 3. The second-order valence-corrected chi connectivity index (χ2v) is 4.72. The van der Waals surface area contributed by atoms with E-state index in [0.29, 0.717) is 0 Å². The van der Waals surface area contributed by atoms with Gasteiger partial charge in [0.2, 0.25) is 5.91 Å². The summed E-state index contributed by atoms with van der Waals surface area (Å²) in [6, 6.07) is -0.915. The molecule has 0 aromatic rings. The van der Waals surface area contributed by atoms with E-state index in [2.05, 4.69) is 10.6 Å². The first-order valence-electron chi connectivity index (χ1n) is 5.87. The van der Waals surface area contributed by atoms with Crippen LogP contribution in [0.5, 0.6) is 0 Å². The molecule has 0 aromatic carbocycles. The van der Waals surface area contributed by atoms with Gasteiger partial charge in [0.25, 0.3) is 0 Å². The SMILES string of the molecule is CC(C)C(NC(N)=O)C(=O)NC1CCCC1. The average Bonchev–Trinajstić information content (AvgIpc) is 2.65. The fourth-order valence-corrected chi connectivity index (χ4v) is 2.05. The number of nitrogens with one attached hydrogen (secondary N) is 2. The van der Waals surface area contributed by atoms with Crippen molar-refractivity contribution in [2.24, 2.45) is 11.7 Å². The Kier molecular flexibility index (Phi) is 4.58. The summed E-state index contributed by atoms with van der Waals surface area (Å²) in [7, 11) is 0. The lowest BCUT2D eigenvalue weighted by Crippen LogP contribution is -2.53. The van der Waals surface area contributed by atoms with E-state index < -0.39 is 12.1 Å². The van der Waals surface area contributed by atoms with E-state index >= 15 is 0 Å². The minimum atomic E-state index is -0.653. The van der Waals surface area contributed by atoms with Gasteiger partial charge >= 0.3 is 6.03 Å². The Morgan fingerprint density at radius 3 is 2.25 bits per heavy atom. The summed E-state index contributed by atoms with van der Waals surface area (Å²) in [5.41, 5.74) is 5.05. The normalized spacial score (nSPS) is 18.4. The van der Waals surface area contributed by atoms with Crippen molar-refractivity contribution >= 4 is 11.9 Å². The minimum Gasteiger partial charge on any atom is -0.352 e. The highest BCUT2D eigenvalue weighted by molar-refractivity contribution is 5.86. The highest BCUT2D eigenvalue weighted by atomic mass is 16.2. The van der Waals surface area contributed by atoms with Crippen LogP contribution in [0.3, 0.4) is 0 Å². The molecule has 0 aliphatic heterocycles. The van der Waals surface area contributed by atoms with Crippen molar-refractivity contribution in [2.75, 3.05) is 0 Å². The number of carbonyl (C=O) groups is 2. The predicted molar refractivity (Wildman–Crippen MR) is 61.7 cm³/mol. The first-order chi connectivity index (χ1) is 7.50. The number of carbonyl (C=O) groups excluding carboxylic acids is 2. The molecule has 0 saturated heterocycles. The lowest BCUT2D eigenvalue weighted by atomic mass is 10.0. The zero-order chi connectivity index (χ0) is 12.1. The second kappa shape index (κ2) is 5.72. The molecule has 0 bridgehead atoms. The largest absolute Gasteiger partial charge is 0.352 e. The molecule has 0 aromatic heterocycles. The standard InChI is InChI=1S/C11H21N3O2/c1-7(2)9(14-11(12)16)10(15)13-8-5-3-4-6-8/h7-9H,3-6H2,1-2H3,(H,13,15)(H3,12,14,16). The van der Waals surface area contributed by atoms with E-state index in [1.165, 1.54) is 12.8 Å². The average molecular weight is 227 g/mol. The maximum atomic E-state index is 11.9. The van der Waals surface area contributed by atoms with Crippen LogP contribution in [0.2, 0.25) is 0 Å². The van der Waals surface area contributed by atoms with Gasteiger partial charge in [-0.25, -0.2) is 4.79 Å². The molecule has 1 aliphatic carbocycles. The molecule has 1 atom stereocenters. The Labute approximate surface area is 96.1 Å². The number of nitrogens with two attached hydrogens (primary N) is 1. The van der Waals surface area contributed by atoms with Gasteiger partial charge < -0.3 is 16.4 Å². The molecular formula is C11H21N3O2. The Balaban J connectivity index is 2.49. The van der Waals surface area contributed by atoms with Crippen LogP contribution in [0.1, 0.15) is 39.5 Å². The van der Waals surface area contributed by atoms with E-state index in [-0.39, 0.29) is 17.9 Å². The van der Waals surface area contributed by atoms with E-state index in [1.54, 1.807) is 0 Å². The summed E-state index contributed by atoms with van der Waals surface area (Å²) in [5.74, 6) is -0.0883. The monoisotopic (exact) mass is 227 g/mol. The molecule has 0 radical (unpaired) electrons. The van der Waals surface area contributed by atoms with Crippen molar-refractivity contribution in [1.29, 1.82) is 0 Å². The number of hydrogen-bond acceptors (Lipinski definition) is 2. The van der Waals surface area contributed by atoms with Crippen molar-refractivity contribution in [2.45, 2.75) is 51.6 Å². The molecule has 16 heavy (non-hydrogen) atoms. The minimum absolute atomic E-state index is 0.0360. The van der Waals surface area contributed by atoms with Crippen LogP contribution < -0.4 is 16.4 Å². The number of primary amides is 1. The Morgan fingerprint density at radius 2 is 1.81 bits per heavy atom. The molecule has 1 fully saturated rings. The molecule has 1 saturated carbocycles. The number of rotatable bonds is 4. The van der Waals surface area contributed by atoms with Crippen molar-refractivity contribution < 1.29 is 9.59 Å². The van der Waals surface area contributed by atoms with E-state index in [4.69, 9.17) is 5.73 Å². The summed E-state index contributed by atoms with van der Waals surface area (Å²) >= 11 is 0. The topological polar surface area (TPSA) is 84.2 Å². The fraction of sp³-hybridized carbons (Fsp3) is 0.818. The van der Waals surface area contributed by atoms with Crippen molar-refractivity contribution in [3.63, 3.8) is 0 Å². The molecular weight excluding hydrogens is 206 g/mol. The summed E-state index contributed by atoms with van der Waals surface area (Å²) in [6.45, 7) is 3.77. The van der Waals surface area contributed by atoms with Gasteiger partial charge in [-0.1, -0.05) is 26.7 Å². The summed E-state index contributed by atoms with van der Waals surface area (Å²) in [5, 5.41) is 5.44. The number of urea groups is 1. The summed E-state index contributed by atoms with van der Waals surface area (Å²) in [4.78, 5) is 22.7. The lowest BCUT2D eigenvalue weighted by molar-refractivity contribution is -0.124. The lowest BCUT2D eigenvalue weighted by Gasteiger charge is -2.22. The van der Waals surface area contributed by atoms with Crippen molar-refractivity contribution in [3.05, 3.63) is 0 Å². The molecule has 0 heterocycles. The molecule has 1 rings (SSSR count). The van der Waals surface area contributed by atoms with Gasteiger partial charge in [-0.2, -0.15) is 0 Å². The first kappa shape index (κ1) is 12.8. The third-order valence-corrected chi connectivity index (χ3v) is 2.95. The van der Waals surface area contributed by atoms with Gasteiger partial charge in [0.05, 0.1) is 0 Å². The Hall–Kier alpha value is -1.26. The maximum absolute atomic E-state index is 11.9. The quantitative estimate of drug-likeness (QED) is 0.661. The third kappa shape index (κ3) is 3.72. The molecule has 0 spiro atoms.